The summed E-state index contributed by atoms with van der Waals surface area (Å²) in [6.45, 7) is 1.05. The maximum absolute atomic E-state index is 13.2. The second-order valence-electron chi connectivity index (χ2n) is 6.67. The molecule has 0 N–H and O–H groups in total. The standard InChI is InChI=1S/C21H26N2O5S/c1-26-17-8-9-18(21(14-17)29(24,25)23-11-5-4-6-12-23)22-15-16-7-10-19(27-2)20(13-16)28-3/h7-10,13-15H,4-6,11-12H2,1-3H3. The van der Waals surface area contributed by atoms with Crippen LogP contribution in [0, 0.1) is 0 Å². The van der Waals surface area contributed by atoms with E-state index in [4.69, 9.17) is 14.2 Å². The van der Waals surface area contributed by atoms with Crippen LogP contribution in [0.4, 0.5) is 5.69 Å². The molecule has 0 radical (unpaired) electrons. The van der Waals surface area contributed by atoms with Crippen molar-refractivity contribution in [2.45, 2.75) is 24.2 Å². The molecule has 3 rings (SSSR count). The molecule has 156 valence electrons. The Hall–Kier alpha value is -2.58. The van der Waals surface area contributed by atoms with Crippen LogP contribution in [0.3, 0.4) is 0 Å². The molecule has 2 aromatic rings. The molecule has 7 nitrogen and oxygen atoms in total. The third kappa shape index (κ3) is 4.71. The molecule has 2 aromatic carbocycles. The van der Waals surface area contributed by atoms with Crippen LogP contribution in [-0.2, 0) is 10.0 Å². The van der Waals surface area contributed by atoms with Crippen molar-refractivity contribution in [2.24, 2.45) is 4.99 Å². The molecule has 1 fully saturated rings. The molecular weight excluding hydrogens is 392 g/mol. The van der Waals surface area contributed by atoms with Crippen molar-refractivity contribution >= 4 is 21.9 Å². The van der Waals surface area contributed by atoms with E-state index in [1.807, 2.05) is 6.07 Å². The van der Waals surface area contributed by atoms with Gasteiger partial charge in [0.15, 0.2) is 11.5 Å². The lowest BCUT2D eigenvalue weighted by Gasteiger charge is -2.26. The smallest absolute Gasteiger partial charge is 0.245 e. The molecule has 1 aliphatic rings. The lowest BCUT2D eigenvalue weighted by Crippen LogP contribution is -2.35. The number of aliphatic imine (C=N–C) groups is 1. The minimum absolute atomic E-state index is 0.149. The van der Waals surface area contributed by atoms with E-state index < -0.39 is 10.0 Å². The van der Waals surface area contributed by atoms with Crippen LogP contribution in [0.5, 0.6) is 17.2 Å². The third-order valence-electron chi connectivity index (χ3n) is 4.86. The van der Waals surface area contributed by atoms with E-state index in [2.05, 4.69) is 4.99 Å². The van der Waals surface area contributed by atoms with E-state index in [0.29, 0.717) is 36.0 Å². The fraction of sp³-hybridized carbons (Fsp3) is 0.381. The van der Waals surface area contributed by atoms with E-state index >= 15 is 0 Å². The molecule has 1 saturated heterocycles. The number of sulfonamides is 1. The van der Waals surface area contributed by atoms with Crippen molar-refractivity contribution in [3.05, 3.63) is 42.0 Å². The van der Waals surface area contributed by atoms with Crippen molar-refractivity contribution in [1.82, 2.24) is 4.31 Å². The van der Waals surface area contributed by atoms with Crippen LogP contribution < -0.4 is 14.2 Å². The zero-order chi connectivity index (χ0) is 20.9. The quantitative estimate of drug-likeness (QED) is 0.642. The van der Waals surface area contributed by atoms with Crippen LogP contribution in [0.25, 0.3) is 0 Å². The van der Waals surface area contributed by atoms with Gasteiger partial charge in [0.25, 0.3) is 0 Å². The van der Waals surface area contributed by atoms with Crippen LogP contribution in [0.2, 0.25) is 0 Å². The minimum Gasteiger partial charge on any atom is -0.497 e. The van der Waals surface area contributed by atoms with Crippen molar-refractivity contribution in [3.63, 3.8) is 0 Å². The molecule has 1 heterocycles. The van der Waals surface area contributed by atoms with Gasteiger partial charge in [-0.25, -0.2) is 8.42 Å². The van der Waals surface area contributed by atoms with Crippen LogP contribution in [-0.4, -0.2) is 53.4 Å². The summed E-state index contributed by atoms with van der Waals surface area (Å²) < 4.78 is 43.8. The summed E-state index contributed by atoms with van der Waals surface area (Å²) in [7, 11) is 0.986. The topological polar surface area (TPSA) is 77.4 Å². The first kappa shape index (κ1) is 21.1. The van der Waals surface area contributed by atoms with Crippen molar-refractivity contribution < 1.29 is 22.6 Å². The second kappa shape index (κ2) is 9.28. The maximum Gasteiger partial charge on any atom is 0.245 e. The third-order valence-corrected chi connectivity index (χ3v) is 6.79. The molecule has 1 aliphatic heterocycles. The lowest BCUT2D eigenvalue weighted by molar-refractivity contribution is 0.346. The summed E-state index contributed by atoms with van der Waals surface area (Å²) in [5.41, 5.74) is 1.13. The Bertz CT molecular complexity index is 983. The van der Waals surface area contributed by atoms with Crippen LogP contribution in [0.15, 0.2) is 46.3 Å². The van der Waals surface area contributed by atoms with Gasteiger partial charge >= 0.3 is 0 Å². The zero-order valence-electron chi connectivity index (χ0n) is 16.9. The second-order valence-corrected chi connectivity index (χ2v) is 8.58. The predicted molar refractivity (Wildman–Crippen MR) is 112 cm³/mol. The molecule has 0 unspecified atom stereocenters. The molecule has 0 saturated carbocycles. The molecule has 0 aliphatic carbocycles. The molecular formula is C21H26N2O5S. The molecule has 0 aromatic heterocycles. The van der Waals surface area contributed by atoms with Crippen LogP contribution >= 0.6 is 0 Å². The Labute approximate surface area is 172 Å². The fourth-order valence-corrected chi connectivity index (χ4v) is 4.92. The fourth-order valence-electron chi connectivity index (χ4n) is 3.26. The molecule has 0 spiro atoms. The van der Waals surface area contributed by atoms with E-state index in [-0.39, 0.29) is 4.90 Å². The number of ether oxygens (including phenoxy) is 3. The first-order chi connectivity index (χ1) is 14.0. The van der Waals surface area contributed by atoms with Crippen LogP contribution in [0.1, 0.15) is 24.8 Å². The van der Waals surface area contributed by atoms with Gasteiger partial charge in [-0.05, 0) is 48.7 Å². The Morgan fingerprint density at radius 2 is 1.62 bits per heavy atom. The number of hydrogen-bond donors (Lipinski definition) is 0. The normalized spacial score (nSPS) is 15.4. The lowest BCUT2D eigenvalue weighted by atomic mass is 10.2. The van der Waals surface area contributed by atoms with Crippen molar-refractivity contribution in [2.75, 3.05) is 34.4 Å². The van der Waals surface area contributed by atoms with E-state index in [1.54, 1.807) is 44.7 Å². The number of methoxy groups -OCH3 is 3. The first-order valence-electron chi connectivity index (χ1n) is 9.44. The number of piperidine rings is 1. The van der Waals surface area contributed by atoms with Gasteiger partial charge in [0.2, 0.25) is 10.0 Å². The summed E-state index contributed by atoms with van der Waals surface area (Å²) in [6.07, 6.45) is 4.40. The van der Waals surface area contributed by atoms with Gasteiger partial charge in [0, 0.05) is 25.4 Å². The molecule has 8 heteroatoms. The Morgan fingerprint density at radius 3 is 2.28 bits per heavy atom. The number of hydrogen-bond acceptors (Lipinski definition) is 6. The Morgan fingerprint density at radius 1 is 0.897 bits per heavy atom. The molecule has 29 heavy (non-hydrogen) atoms. The summed E-state index contributed by atoms with van der Waals surface area (Å²) in [5.74, 6) is 1.67. The monoisotopic (exact) mass is 418 g/mol. The van der Waals surface area contributed by atoms with Gasteiger partial charge in [-0.2, -0.15) is 4.31 Å². The van der Waals surface area contributed by atoms with E-state index in [9.17, 15) is 8.42 Å². The van der Waals surface area contributed by atoms with Gasteiger partial charge in [0.05, 0.1) is 27.0 Å². The van der Waals surface area contributed by atoms with Crippen molar-refractivity contribution in [3.8, 4) is 17.2 Å². The molecule has 0 atom stereocenters. The summed E-state index contributed by atoms with van der Waals surface area (Å²) >= 11 is 0. The molecule has 0 amide bonds. The highest BCUT2D eigenvalue weighted by atomic mass is 32.2. The number of benzene rings is 2. The van der Waals surface area contributed by atoms with Crippen molar-refractivity contribution in [1.29, 1.82) is 0 Å². The Kier molecular flexibility index (Phi) is 6.76. The SMILES string of the molecule is COc1ccc(N=Cc2ccc(OC)c(OC)c2)c(S(=O)(=O)N2CCCCC2)c1. The molecule has 0 bridgehead atoms. The first-order valence-corrected chi connectivity index (χ1v) is 10.9. The summed E-state index contributed by atoms with van der Waals surface area (Å²) in [4.78, 5) is 4.61. The maximum atomic E-state index is 13.2. The summed E-state index contributed by atoms with van der Waals surface area (Å²) in [5, 5.41) is 0. The van der Waals surface area contributed by atoms with E-state index in [1.165, 1.54) is 17.5 Å². The predicted octanol–water partition coefficient (Wildman–Crippen LogP) is 3.64. The zero-order valence-corrected chi connectivity index (χ0v) is 17.7. The minimum atomic E-state index is -3.66. The Balaban J connectivity index is 1.98. The van der Waals surface area contributed by atoms with Gasteiger partial charge in [0.1, 0.15) is 10.6 Å². The van der Waals surface area contributed by atoms with E-state index in [0.717, 1.165) is 24.8 Å². The largest absolute Gasteiger partial charge is 0.497 e. The van der Waals surface area contributed by atoms with Gasteiger partial charge in [-0.15, -0.1) is 0 Å². The summed E-state index contributed by atoms with van der Waals surface area (Å²) in [6, 6.07) is 10.3. The highest BCUT2D eigenvalue weighted by Crippen LogP contribution is 2.33. The number of rotatable bonds is 7. The highest BCUT2D eigenvalue weighted by Gasteiger charge is 2.28. The van der Waals surface area contributed by atoms with Gasteiger partial charge < -0.3 is 14.2 Å². The van der Waals surface area contributed by atoms with Gasteiger partial charge in [-0.3, -0.25) is 4.99 Å². The van der Waals surface area contributed by atoms with Gasteiger partial charge in [-0.1, -0.05) is 6.42 Å². The highest BCUT2D eigenvalue weighted by molar-refractivity contribution is 7.89. The average molecular weight is 419 g/mol. The number of nitrogens with zero attached hydrogens (tertiary/aromatic N) is 2. The average Bonchev–Trinajstić information content (AvgIpc) is 2.77.